The third-order valence-corrected chi connectivity index (χ3v) is 7.59. The Morgan fingerprint density at radius 3 is 2.26 bits per heavy atom. The largest absolute Gasteiger partial charge is 0.390 e. The summed E-state index contributed by atoms with van der Waals surface area (Å²) in [7, 11) is 0. The maximum absolute atomic E-state index is 13.8. The van der Waals surface area contributed by atoms with Crippen molar-refractivity contribution in [2.75, 3.05) is 11.9 Å². The number of likely N-dealkylation sites (tertiary alicyclic amines) is 1. The molecular weight excluding hydrogens is 484 g/mol. The molecule has 0 aromatic heterocycles. The molecule has 3 aromatic rings. The second kappa shape index (κ2) is 11.7. The Hall–Kier alpha value is -3.44. The number of aryl methyl sites for hydroxylation is 1. The van der Waals surface area contributed by atoms with Gasteiger partial charge in [0.05, 0.1) is 17.6 Å². The van der Waals surface area contributed by atoms with Crippen LogP contribution in [-0.4, -0.2) is 34.0 Å². The molecular formula is C34H42N2O3. The summed E-state index contributed by atoms with van der Waals surface area (Å²) in [5.74, 6) is -0.506. The molecule has 1 aliphatic heterocycles. The zero-order valence-corrected chi connectivity index (χ0v) is 23.9. The van der Waals surface area contributed by atoms with Crippen molar-refractivity contribution in [2.24, 2.45) is 5.92 Å². The van der Waals surface area contributed by atoms with Gasteiger partial charge in [0.2, 0.25) is 5.91 Å². The van der Waals surface area contributed by atoms with Gasteiger partial charge in [0, 0.05) is 17.8 Å². The quantitative estimate of drug-likeness (QED) is 0.351. The smallest absolute Gasteiger partial charge is 0.254 e. The molecule has 1 heterocycles. The zero-order valence-electron chi connectivity index (χ0n) is 23.9. The summed E-state index contributed by atoms with van der Waals surface area (Å²) >= 11 is 0. The first-order valence-corrected chi connectivity index (χ1v) is 14.0. The molecule has 2 atom stereocenters. The molecule has 3 aromatic carbocycles. The average molecular weight is 527 g/mol. The number of anilines is 1. The lowest BCUT2D eigenvalue weighted by atomic mass is 9.82. The lowest BCUT2D eigenvalue weighted by Gasteiger charge is -2.41. The monoisotopic (exact) mass is 526 g/mol. The van der Waals surface area contributed by atoms with Gasteiger partial charge in [0.25, 0.3) is 5.91 Å². The number of carbonyl (C=O) groups excluding carboxylic acids is 2. The van der Waals surface area contributed by atoms with Crippen LogP contribution < -0.4 is 5.32 Å². The first-order chi connectivity index (χ1) is 18.4. The molecule has 5 nitrogen and oxygen atoms in total. The Balaban J connectivity index is 1.64. The molecule has 0 aliphatic carbocycles. The van der Waals surface area contributed by atoms with Crippen LogP contribution in [0.3, 0.4) is 0 Å². The highest BCUT2D eigenvalue weighted by atomic mass is 16.3. The van der Waals surface area contributed by atoms with E-state index in [1.165, 1.54) is 0 Å². The highest BCUT2D eigenvalue weighted by Gasteiger charge is 2.39. The van der Waals surface area contributed by atoms with Crippen LogP contribution in [-0.2, 0) is 16.6 Å². The van der Waals surface area contributed by atoms with Crippen LogP contribution in [0.2, 0.25) is 0 Å². The predicted molar refractivity (Wildman–Crippen MR) is 158 cm³/mol. The fourth-order valence-corrected chi connectivity index (χ4v) is 5.29. The van der Waals surface area contributed by atoms with Gasteiger partial charge in [-0.3, -0.25) is 9.59 Å². The van der Waals surface area contributed by atoms with Crippen molar-refractivity contribution < 1.29 is 14.7 Å². The number of hydrogen-bond donors (Lipinski definition) is 2. The van der Waals surface area contributed by atoms with Crippen molar-refractivity contribution in [2.45, 2.75) is 77.4 Å². The summed E-state index contributed by atoms with van der Waals surface area (Å²) in [6.45, 7) is 10.7. The Kier molecular flexibility index (Phi) is 8.60. The number of piperidine rings is 1. The molecule has 4 rings (SSSR count). The molecule has 5 heteroatoms. The van der Waals surface area contributed by atoms with E-state index in [4.69, 9.17) is 0 Å². The second-order valence-electron chi connectivity index (χ2n) is 12.4. The van der Waals surface area contributed by atoms with Gasteiger partial charge in [-0.2, -0.15) is 0 Å². The van der Waals surface area contributed by atoms with E-state index in [0.29, 0.717) is 24.9 Å². The van der Waals surface area contributed by atoms with Gasteiger partial charge < -0.3 is 15.3 Å². The number of rotatable bonds is 7. The molecule has 39 heavy (non-hydrogen) atoms. The number of nitrogens with one attached hydrogen (secondary N) is 1. The molecule has 0 radical (unpaired) electrons. The van der Waals surface area contributed by atoms with Gasteiger partial charge >= 0.3 is 0 Å². The van der Waals surface area contributed by atoms with Gasteiger partial charge in [-0.1, -0.05) is 75.4 Å². The normalized spacial score (nSPS) is 18.1. The van der Waals surface area contributed by atoms with Gasteiger partial charge in [-0.05, 0) is 85.9 Å². The van der Waals surface area contributed by atoms with Crippen molar-refractivity contribution in [1.29, 1.82) is 0 Å². The van der Waals surface area contributed by atoms with E-state index in [0.717, 1.165) is 35.2 Å². The summed E-state index contributed by atoms with van der Waals surface area (Å²) in [6.07, 6.45) is 2.88. The van der Waals surface area contributed by atoms with Gasteiger partial charge in [0.1, 0.15) is 0 Å². The van der Waals surface area contributed by atoms with Crippen LogP contribution in [0.4, 0.5) is 5.69 Å². The Morgan fingerprint density at radius 2 is 1.62 bits per heavy atom. The lowest BCUT2D eigenvalue weighted by Crippen LogP contribution is -2.46. The van der Waals surface area contributed by atoms with E-state index in [-0.39, 0.29) is 29.2 Å². The number of amides is 2. The molecule has 2 N–H and O–H groups in total. The first-order valence-electron chi connectivity index (χ1n) is 14.0. The Labute approximate surface area is 233 Å². The van der Waals surface area contributed by atoms with Crippen LogP contribution in [0, 0.1) is 5.92 Å². The molecule has 2 unspecified atom stereocenters. The summed E-state index contributed by atoms with van der Waals surface area (Å²) in [5, 5.41) is 13.3. The fraction of sp³-hybridized carbons (Fsp3) is 0.412. The van der Waals surface area contributed by atoms with Crippen molar-refractivity contribution in [3.63, 3.8) is 0 Å². The highest BCUT2D eigenvalue weighted by molar-refractivity contribution is 5.97. The molecule has 206 valence electrons. The fourth-order valence-electron chi connectivity index (χ4n) is 5.29. The van der Waals surface area contributed by atoms with E-state index in [1.807, 2.05) is 79.4 Å². The number of nitrogens with zero attached hydrogens (tertiary/aromatic N) is 1. The Morgan fingerprint density at radius 1 is 0.923 bits per heavy atom. The molecule has 0 saturated carbocycles. The topological polar surface area (TPSA) is 69.6 Å². The van der Waals surface area contributed by atoms with Crippen LogP contribution in [0.1, 0.15) is 87.0 Å². The van der Waals surface area contributed by atoms with Crippen molar-refractivity contribution >= 4 is 17.5 Å². The first kappa shape index (κ1) is 28.6. The molecule has 1 saturated heterocycles. The molecule has 2 amide bonds. The molecule has 0 bridgehead atoms. The minimum atomic E-state index is -0.728. The average Bonchev–Trinajstić information content (AvgIpc) is 2.91. The third kappa shape index (κ3) is 7.36. The predicted octanol–water partition coefficient (Wildman–Crippen LogP) is 6.92. The van der Waals surface area contributed by atoms with Crippen molar-refractivity contribution in [3.05, 3.63) is 101 Å². The second-order valence-corrected chi connectivity index (χ2v) is 12.4. The highest BCUT2D eigenvalue weighted by Crippen LogP contribution is 2.38. The van der Waals surface area contributed by atoms with E-state index in [9.17, 15) is 14.7 Å². The van der Waals surface area contributed by atoms with Gasteiger partial charge in [-0.15, -0.1) is 0 Å². The SMILES string of the molecule is CC(C)(O)CCc1ccc(C2C(C(=O)Nc3cccc(C(C)(C)C)c3)CCCN2C(=O)c2ccccc2)cc1. The van der Waals surface area contributed by atoms with E-state index in [1.54, 1.807) is 0 Å². The maximum atomic E-state index is 13.8. The summed E-state index contributed by atoms with van der Waals surface area (Å²) in [6, 6.07) is 25.2. The Bertz CT molecular complexity index is 1270. The van der Waals surface area contributed by atoms with Crippen LogP contribution in [0.5, 0.6) is 0 Å². The van der Waals surface area contributed by atoms with Crippen LogP contribution in [0.15, 0.2) is 78.9 Å². The van der Waals surface area contributed by atoms with E-state index >= 15 is 0 Å². The number of carbonyl (C=O) groups is 2. The molecule has 0 spiro atoms. The number of hydrogen-bond acceptors (Lipinski definition) is 3. The minimum absolute atomic E-state index is 0.0278. The van der Waals surface area contributed by atoms with Crippen molar-refractivity contribution in [3.8, 4) is 0 Å². The van der Waals surface area contributed by atoms with Crippen LogP contribution >= 0.6 is 0 Å². The van der Waals surface area contributed by atoms with Gasteiger partial charge in [-0.25, -0.2) is 0 Å². The van der Waals surface area contributed by atoms with Crippen molar-refractivity contribution in [1.82, 2.24) is 4.90 Å². The lowest BCUT2D eigenvalue weighted by molar-refractivity contribution is -0.123. The van der Waals surface area contributed by atoms with Gasteiger partial charge in [0.15, 0.2) is 0 Å². The molecule has 1 fully saturated rings. The third-order valence-electron chi connectivity index (χ3n) is 7.59. The minimum Gasteiger partial charge on any atom is -0.390 e. The number of aliphatic hydroxyl groups is 1. The van der Waals surface area contributed by atoms with E-state index in [2.05, 4.69) is 44.3 Å². The maximum Gasteiger partial charge on any atom is 0.254 e. The standard InChI is InChI=1S/C34H42N2O3/c1-33(2,3)27-13-9-14-28(23-27)35-31(37)29-15-10-22-36(32(38)26-11-7-6-8-12-26)30(29)25-18-16-24(17-19-25)20-21-34(4,5)39/h6-9,11-14,16-19,23,29-30,39H,10,15,20-22H2,1-5H3,(H,35,37). The summed E-state index contributed by atoms with van der Waals surface area (Å²) in [5.41, 5.74) is 3.88. The summed E-state index contributed by atoms with van der Waals surface area (Å²) < 4.78 is 0. The zero-order chi connectivity index (χ0) is 28.2. The van der Waals surface area contributed by atoms with E-state index < -0.39 is 5.60 Å². The number of benzene rings is 3. The molecule has 1 aliphatic rings. The summed E-state index contributed by atoms with van der Waals surface area (Å²) in [4.78, 5) is 29.4. The van der Waals surface area contributed by atoms with Crippen LogP contribution in [0.25, 0.3) is 0 Å².